The molecule has 0 fully saturated rings. The average Bonchev–Trinajstić information content (AvgIpc) is 2.77. The topological polar surface area (TPSA) is 84.7 Å². The summed E-state index contributed by atoms with van der Waals surface area (Å²) in [5.41, 5.74) is 2.71. The third-order valence-electron chi connectivity index (χ3n) is 5.82. The molecule has 0 spiro atoms. The highest BCUT2D eigenvalue weighted by Gasteiger charge is 2.39. The lowest BCUT2D eigenvalue weighted by atomic mass is 9.91. The molecule has 0 saturated heterocycles. The van der Waals surface area contributed by atoms with E-state index in [9.17, 15) is 19.3 Å². The van der Waals surface area contributed by atoms with E-state index in [1.54, 1.807) is 63.1 Å². The fourth-order valence-corrected chi connectivity index (χ4v) is 4.17. The van der Waals surface area contributed by atoms with E-state index in [0.717, 1.165) is 5.56 Å². The van der Waals surface area contributed by atoms with Gasteiger partial charge in [-0.25, -0.2) is 4.39 Å². The molecule has 8 heteroatoms. The minimum absolute atomic E-state index is 0.0193. The Labute approximate surface area is 190 Å². The number of ether oxygens (including phenoxy) is 1. The molecule has 7 nitrogen and oxygen atoms in total. The number of hydrogen-bond donors (Lipinski definition) is 1. The maximum absolute atomic E-state index is 13.8. The van der Waals surface area contributed by atoms with E-state index in [-0.39, 0.29) is 18.2 Å². The predicted molar refractivity (Wildman–Crippen MR) is 125 cm³/mol. The zero-order valence-electron chi connectivity index (χ0n) is 18.8. The van der Waals surface area contributed by atoms with Gasteiger partial charge >= 0.3 is 0 Å². The number of nitro benzene ring substituents is 1. The highest BCUT2D eigenvalue weighted by Crippen LogP contribution is 2.44. The highest BCUT2D eigenvalue weighted by atomic mass is 19.1. The number of fused-ring (bicyclic) bond motifs is 1. The number of halogens is 1. The molecule has 33 heavy (non-hydrogen) atoms. The molecule has 0 radical (unpaired) electrons. The lowest BCUT2D eigenvalue weighted by Crippen LogP contribution is -2.52. The summed E-state index contributed by atoms with van der Waals surface area (Å²) in [7, 11) is 1.67. The number of benzene rings is 3. The van der Waals surface area contributed by atoms with Crippen molar-refractivity contribution in [2.75, 3.05) is 17.3 Å². The summed E-state index contributed by atoms with van der Waals surface area (Å²) in [6.45, 7) is 5.36. The van der Waals surface area contributed by atoms with E-state index in [0.29, 0.717) is 33.8 Å². The van der Waals surface area contributed by atoms with Gasteiger partial charge in [0.1, 0.15) is 23.7 Å². The third kappa shape index (κ3) is 4.00. The Balaban J connectivity index is 1.91. The van der Waals surface area contributed by atoms with Gasteiger partial charge in [0.05, 0.1) is 21.9 Å². The van der Waals surface area contributed by atoms with Gasteiger partial charge in [0, 0.05) is 24.7 Å². The molecular weight excluding hydrogens is 425 g/mol. The Bertz CT molecular complexity index is 1270. The van der Waals surface area contributed by atoms with E-state index < -0.39 is 16.3 Å². The molecule has 0 aliphatic carbocycles. The number of nitrogens with one attached hydrogen (secondary N) is 1. The summed E-state index contributed by atoms with van der Waals surface area (Å²) in [5.74, 6) is -0.225. The minimum atomic E-state index is -0.820. The second-order valence-corrected chi connectivity index (χ2v) is 8.57. The quantitative estimate of drug-likeness (QED) is 0.413. The summed E-state index contributed by atoms with van der Waals surface area (Å²) in [5, 5.41) is 15.0. The van der Waals surface area contributed by atoms with Crippen molar-refractivity contribution in [3.05, 3.63) is 81.7 Å². The zero-order chi connectivity index (χ0) is 23.9. The maximum atomic E-state index is 13.8. The number of anilines is 2. The Kier molecular flexibility index (Phi) is 5.53. The van der Waals surface area contributed by atoms with Crippen LogP contribution < -0.4 is 15.0 Å². The van der Waals surface area contributed by atoms with E-state index in [1.807, 2.05) is 6.07 Å². The van der Waals surface area contributed by atoms with Gasteiger partial charge < -0.3 is 15.0 Å². The first kappa shape index (κ1) is 22.3. The van der Waals surface area contributed by atoms with Gasteiger partial charge in [0.2, 0.25) is 0 Å². The number of nitrogens with zero attached hydrogens (tertiary/aromatic N) is 2. The maximum Gasteiger partial charge on any atom is 0.277 e. The molecule has 3 aromatic carbocycles. The lowest BCUT2D eigenvalue weighted by molar-refractivity contribution is -0.384. The van der Waals surface area contributed by atoms with Gasteiger partial charge in [0.15, 0.2) is 0 Å². The van der Waals surface area contributed by atoms with Gasteiger partial charge in [-0.3, -0.25) is 14.9 Å². The molecule has 1 heterocycles. The Morgan fingerprint density at radius 1 is 1.12 bits per heavy atom. The first-order valence-corrected chi connectivity index (χ1v) is 10.4. The molecule has 0 unspecified atom stereocenters. The molecule has 3 aromatic rings. The number of carbonyl (C=O) groups excluding carboxylic acids is 1. The van der Waals surface area contributed by atoms with Crippen LogP contribution in [0, 0.1) is 22.9 Å². The number of para-hydroxylation sites is 1. The minimum Gasteiger partial charge on any atom is -0.488 e. The van der Waals surface area contributed by atoms with Crippen LogP contribution in [0.15, 0.2) is 54.6 Å². The van der Waals surface area contributed by atoms with Crippen molar-refractivity contribution in [2.24, 2.45) is 0 Å². The van der Waals surface area contributed by atoms with Crippen LogP contribution in [0.4, 0.5) is 21.5 Å². The van der Waals surface area contributed by atoms with Crippen molar-refractivity contribution in [1.29, 1.82) is 0 Å². The van der Waals surface area contributed by atoms with Crippen LogP contribution >= 0.6 is 0 Å². The Hall–Kier alpha value is -3.94. The molecule has 1 N–H and O–H groups in total. The smallest absolute Gasteiger partial charge is 0.277 e. The van der Waals surface area contributed by atoms with E-state index in [1.165, 1.54) is 18.2 Å². The molecule has 0 atom stereocenters. The van der Waals surface area contributed by atoms with Gasteiger partial charge in [-0.15, -0.1) is 0 Å². The Morgan fingerprint density at radius 2 is 1.85 bits per heavy atom. The van der Waals surface area contributed by atoms with Crippen molar-refractivity contribution in [3.8, 4) is 16.9 Å². The van der Waals surface area contributed by atoms with Crippen molar-refractivity contribution < 1.29 is 18.8 Å². The van der Waals surface area contributed by atoms with Gasteiger partial charge in [-0.2, -0.15) is 0 Å². The Morgan fingerprint density at radius 3 is 2.58 bits per heavy atom. The molecule has 4 rings (SSSR count). The van der Waals surface area contributed by atoms with E-state index in [2.05, 4.69) is 5.32 Å². The van der Waals surface area contributed by atoms with Crippen molar-refractivity contribution >= 4 is 23.0 Å². The summed E-state index contributed by atoms with van der Waals surface area (Å²) < 4.78 is 19.8. The van der Waals surface area contributed by atoms with Crippen LogP contribution in [0.3, 0.4) is 0 Å². The molecule has 0 aromatic heterocycles. The van der Waals surface area contributed by atoms with Crippen molar-refractivity contribution in [2.45, 2.75) is 32.9 Å². The predicted octanol–water partition coefficient (Wildman–Crippen LogP) is 5.46. The fourth-order valence-electron chi connectivity index (χ4n) is 4.17. The van der Waals surface area contributed by atoms with Crippen LogP contribution in [-0.2, 0) is 11.4 Å². The van der Waals surface area contributed by atoms with Crippen LogP contribution in [0.1, 0.15) is 25.0 Å². The summed E-state index contributed by atoms with van der Waals surface area (Å²) >= 11 is 0. The van der Waals surface area contributed by atoms with Crippen LogP contribution in [0.25, 0.3) is 11.1 Å². The first-order valence-electron chi connectivity index (χ1n) is 10.4. The molecule has 0 bridgehead atoms. The summed E-state index contributed by atoms with van der Waals surface area (Å²) in [6.07, 6.45) is 0. The van der Waals surface area contributed by atoms with E-state index >= 15 is 0 Å². The second kappa shape index (κ2) is 8.20. The number of hydrogen-bond acceptors (Lipinski definition) is 5. The average molecular weight is 449 g/mol. The standard InChI is InChI=1S/C25H24FN3O4/c1-15-9-10-16(26)13-22(15)33-14-19-17(18-7-5-6-8-21(18)29(31)32)11-12-20-23(19)28(4)24(30)25(2,3)27-20/h5-13,27H,14H2,1-4H3. The normalized spacial score (nSPS) is 14.5. The number of carbonyl (C=O) groups is 1. The van der Waals surface area contributed by atoms with Crippen LogP contribution in [0.5, 0.6) is 5.75 Å². The van der Waals surface area contributed by atoms with E-state index in [4.69, 9.17) is 4.74 Å². The van der Waals surface area contributed by atoms with Crippen molar-refractivity contribution in [3.63, 3.8) is 0 Å². The largest absolute Gasteiger partial charge is 0.488 e. The molecule has 170 valence electrons. The monoisotopic (exact) mass is 449 g/mol. The number of amides is 1. The first-order chi connectivity index (χ1) is 15.6. The fraction of sp³-hybridized carbons (Fsp3) is 0.240. The highest BCUT2D eigenvalue weighted by molar-refractivity contribution is 6.08. The second-order valence-electron chi connectivity index (χ2n) is 8.57. The molecule has 1 aliphatic heterocycles. The zero-order valence-corrected chi connectivity index (χ0v) is 18.8. The van der Waals surface area contributed by atoms with Crippen LogP contribution in [0.2, 0.25) is 0 Å². The van der Waals surface area contributed by atoms with Crippen molar-refractivity contribution in [1.82, 2.24) is 0 Å². The van der Waals surface area contributed by atoms with Gasteiger partial charge in [-0.05, 0) is 50.1 Å². The lowest BCUT2D eigenvalue weighted by Gasteiger charge is -2.39. The summed E-state index contributed by atoms with van der Waals surface area (Å²) in [4.78, 5) is 25.8. The number of nitro groups is 1. The van der Waals surface area contributed by atoms with Crippen LogP contribution in [-0.4, -0.2) is 23.4 Å². The number of likely N-dealkylation sites (N-methyl/N-ethyl adjacent to an activating group) is 1. The van der Waals surface area contributed by atoms with Gasteiger partial charge in [0.25, 0.3) is 11.6 Å². The summed E-state index contributed by atoms with van der Waals surface area (Å²) in [6, 6.07) is 14.3. The SMILES string of the molecule is Cc1ccc(F)cc1OCc1c(-c2ccccc2[N+](=O)[O-])ccc2c1N(C)C(=O)C(C)(C)N2. The molecular formula is C25H24FN3O4. The number of rotatable bonds is 5. The molecule has 0 saturated carbocycles. The third-order valence-corrected chi connectivity index (χ3v) is 5.82. The van der Waals surface area contributed by atoms with Gasteiger partial charge in [-0.1, -0.05) is 24.3 Å². The molecule has 1 aliphatic rings. The number of aryl methyl sites for hydroxylation is 1. The molecule has 1 amide bonds.